The van der Waals surface area contributed by atoms with Gasteiger partial charge in [-0.1, -0.05) is 18.2 Å². The average Bonchev–Trinajstić information content (AvgIpc) is 2.68. The van der Waals surface area contributed by atoms with Crippen molar-refractivity contribution in [1.82, 2.24) is 4.98 Å². The number of aromatic nitrogens is 1. The van der Waals surface area contributed by atoms with Crippen LogP contribution in [0.2, 0.25) is 0 Å². The molecule has 0 aliphatic rings. The summed E-state index contributed by atoms with van der Waals surface area (Å²) in [5.41, 5.74) is 0.875. The molecule has 3 heteroatoms. The number of hydrogen-bond acceptors (Lipinski definition) is 3. The fraction of sp³-hybridized carbons (Fsp3) is 0.0909. The largest absolute Gasteiger partial charge is 0.433 e. The lowest BCUT2D eigenvalue weighted by atomic mass is 10.2. The van der Waals surface area contributed by atoms with Gasteiger partial charge in [0.15, 0.2) is 11.5 Å². The maximum atomic E-state index is 11.0. The van der Waals surface area contributed by atoms with Crippen LogP contribution in [-0.2, 0) is 0 Å². The molecule has 0 radical (unpaired) electrons. The van der Waals surface area contributed by atoms with E-state index < -0.39 is 0 Å². The minimum Gasteiger partial charge on any atom is -0.433 e. The third kappa shape index (κ3) is 1.57. The molecule has 70 valence electrons. The summed E-state index contributed by atoms with van der Waals surface area (Å²) in [6.45, 7) is 1.45. The van der Waals surface area contributed by atoms with Crippen molar-refractivity contribution in [2.45, 2.75) is 6.92 Å². The number of oxazole rings is 1. The van der Waals surface area contributed by atoms with Gasteiger partial charge in [0, 0.05) is 12.5 Å². The molecule has 0 fully saturated rings. The molecule has 1 aromatic carbocycles. The van der Waals surface area contributed by atoms with E-state index in [-0.39, 0.29) is 5.78 Å². The normalized spacial score (nSPS) is 10.1. The number of carbonyl (C=O) groups is 1. The predicted molar refractivity (Wildman–Crippen MR) is 51.9 cm³/mol. The number of carbonyl (C=O) groups excluding carboxylic acids is 1. The average molecular weight is 187 g/mol. The first-order chi connectivity index (χ1) is 6.77. The first kappa shape index (κ1) is 8.69. The molecule has 0 atom stereocenters. The van der Waals surface area contributed by atoms with E-state index in [2.05, 4.69) is 4.98 Å². The number of nitrogens with zero attached hydrogens (tertiary/aromatic N) is 1. The molecule has 2 aromatic rings. The second-order valence-corrected chi connectivity index (χ2v) is 2.95. The lowest BCUT2D eigenvalue weighted by molar-refractivity contribution is 0.0988. The molecule has 0 aliphatic heterocycles. The van der Waals surface area contributed by atoms with Crippen LogP contribution >= 0.6 is 0 Å². The van der Waals surface area contributed by atoms with E-state index in [9.17, 15) is 4.79 Å². The standard InChI is InChI=1S/C11H9NO2/c1-8(13)10-7-12-11(14-10)9-5-3-2-4-6-9/h2-7H,1H3. The lowest BCUT2D eigenvalue weighted by Gasteiger charge is -1.92. The van der Waals surface area contributed by atoms with Crippen molar-refractivity contribution < 1.29 is 9.21 Å². The van der Waals surface area contributed by atoms with Crippen LogP contribution < -0.4 is 0 Å². The second-order valence-electron chi connectivity index (χ2n) is 2.95. The summed E-state index contributed by atoms with van der Waals surface area (Å²) in [5, 5.41) is 0. The van der Waals surface area contributed by atoms with E-state index in [1.54, 1.807) is 0 Å². The first-order valence-corrected chi connectivity index (χ1v) is 4.29. The Labute approximate surface area is 81.4 Å². The van der Waals surface area contributed by atoms with Crippen molar-refractivity contribution >= 4 is 5.78 Å². The molecule has 14 heavy (non-hydrogen) atoms. The van der Waals surface area contributed by atoms with Gasteiger partial charge in [0.05, 0.1) is 6.20 Å². The Bertz CT molecular complexity index is 445. The SMILES string of the molecule is CC(=O)c1cnc(-c2ccccc2)o1. The summed E-state index contributed by atoms with van der Waals surface area (Å²) in [6, 6.07) is 9.48. The fourth-order valence-electron chi connectivity index (χ4n) is 1.15. The molecule has 3 nitrogen and oxygen atoms in total. The van der Waals surface area contributed by atoms with E-state index in [1.807, 2.05) is 30.3 Å². The van der Waals surface area contributed by atoms with Crippen molar-refractivity contribution in [1.29, 1.82) is 0 Å². The van der Waals surface area contributed by atoms with Gasteiger partial charge in [-0.25, -0.2) is 4.98 Å². The van der Waals surface area contributed by atoms with Gasteiger partial charge in [0.25, 0.3) is 0 Å². The zero-order chi connectivity index (χ0) is 9.97. The fourth-order valence-corrected chi connectivity index (χ4v) is 1.15. The molecule has 0 saturated heterocycles. The van der Waals surface area contributed by atoms with E-state index in [0.29, 0.717) is 11.7 Å². The number of Topliss-reactive ketones (excluding diaryl/α,β-unsaturated/α-hetero) is 1. The Hall–Kier alpha value is -1.90. The molecule has 0 saturated carbocycles. The van der Waals surface area contributed by atoms with E-state index >= 15 is 0 Å². The molecule has 0 aliphatic carbocycles. The molecule has 1 aromatic heterocycles. The van der Waals surface area contributed by atoms with Crippen LogP contribution in [0.3, 0.4) is 0 Å². The minimum atomic E-state index is -0.111. The predicted octanol–water partition coefficient (Wildman–Crippen LogP) is 2.54. The van der Waals surface area contributed by atoms with Gasteiger partial charge in [0.2, 0.25) is 5.89 Å². The quantitative estimate of drug-likeness (QED) is 0.678. The van der Waals surface area contributed by atoms with Gasteiger partial charge in [-0.3, -0.25) is 4.79 Å². The molecule has 0 spiro atoms. The van der Waals surface area contributed by atoms with Crippen LogP contribution in [0.1, 0.15) is 17.5 Å². The molecule has 0 bridgehead atoms. The van der Waals surface area contributed by atoms with Gasteiger partial charge in [-0.15, -0.1) is 0 Å². The zero-order valence-corrected chi connectivity index (χ0v) is 7.73. The number of benzene rings is 1. The number of ketones is 1. The van der Waals surface area contributed by atoms with Gasteiger partial charge in [0.1, 0.15) is 0 Å². The van der Waals surface area contributed by atoms with Gasteiger partial charge >= 0.3 is 0 Å². The third-order valence-electron chi connectivity index (χ3n) is 1.87. The van der Waals surface area contributed by atoms with E-state index in [0.717, 1.165) is 5.56 Å². The van der Waals surface area contributed by atoms with Crippen LogP contribution in [0.4, 0.5) is 0 Å². The highest BCUT2D eigenvalue weighted by molar-refractivity contribution is 5.91. The summed E-state index contributed by atoms with van der Waals surface area (Å²) in [7, 11) is 0. The zero-order valence-electron chi connectivity index (χ0n) is 7.73. The van der Waals surface area contributed by atoms with Crippen molar-refractivity contribution in [3.8, 4) is 11.5 Å². The monoisotopic (exact) mass is 187 g/mol. The van der Waals surface area contributed by atoms with Crippen LogP contribution in [0.5, 0.6) is 0 Å². The highest BCUT2D eigenvalue weighted by Gasteiger charge is 2.08. The molecule has 0 unspecified atom stereocenters. The molecule has 0 amide bonds. The first-order valence-electron chi connectivity index (χ1n) is 4.29. The van der Waals surface area contributed by atoms with Crippen molar-refractivity contribution in [3.05, 3.63) is 42.3 Å². The van der Waals surface area contributed by atoms with E-state index in [1.165, 1.54) is 13.1 Å². The van der Waals surface area contributed by atoms with Gasteiger partial charge in [-0.2, -0.15) is 0 Å². The van der Waals surface area contributed by atoms with Crippen molar-refractivity contribution in [2.24, 2.45) is 0 Å². The Balaban J connectivity index is 2.39. The van der Waals surface area contributed by atoms with Crippen LogP contribution in [0.15, 0.2) is 40.9 Å². The topological polar surface area (TPSA) is 43.1 Å². The van der Waals surface area contributed by atoms with E-state index in [4.69, 9.17) is 4.42 Å². The molecule has 0 N–H and O–H groups in total. The van der Waals surface area contributed by atoms with Crippen molar-refractivity contribution in [3.63, 3.8) is 0 Å². The number of hydrogen-bond donors (Lipinski definition) is 0. The number of rotatable bonds is 2. The van der Waals surface area contributed by atoms with Crippen molar-refractivity contribution in [2.75, 3.05) is 0 Å². The summed E-state index contributed by atoms with van der Waals surface area (Å²) >= 11 is 0. The maximum absolute atomic E-state index is 11.0. The van der Waals surface area contributed by atoms with Gasteiger partial charge < -0.3 is 4.42 Å². The molecular formula is C11H9NO2. The maximum Gasteiger partial charge on any atom is 0.226 e. The van der Waals surface area contributed by atoms with Crippen LogP contribution in [0, 0.1) is 0 Å². The Morgan fingerprint density at radius 2 is 2.00 bits per heavy atom. The Kier molecular flexibility index (Phi) is 2.14. The third-order valence-corrected chi connectivity index (χ3v) is 1.87. The summed E-state index contributed by atoms with van der Waals surface area (Å²) in [6.07, 6.45) is 1.45. The summed E-state index contributed by atoms with van der Waals surface area (Å²) < 4.78 is 5.27. The summed E-state index contributed by atoms with van der Waals surface area (Å²) in [4.78, 5) is 15.0. The smallest absolute Gasteiger partial charge is 0.226 e. The molecule has 1 heterocycles. The summed E-state index contributed by atoms with van der Waals surface area (Å²) in [5.74, 6) is 0.666. The highest BCUT2D eigenvalue weighted by atomic mass is 16.4. The van der Waals surface area contributed by atoms with Gasteiger partial charge in [-0.05, 0) is 12.1 Å². The lowest BCUT2D eigenvalue weighted by Crippen LogP contribution is -1.86. The minimum absolute atomic E-state index is 0.111. The van der Waals surface area contributed by atoms with Crippen LogP contribution in [0.25, 0.3) is 11.5 Å². The second kappa shape index (κ2) is 3.46. The Morgan fingerprint density at radius 1 is 1.29 bits per heavy atom. The molecule has 2 rings (SSSR count). The molecular weight excluding hydrogens is 178 g/mol. The Morgan fingerprint density at radius 3 is 2.57 bits per heavy atom. The highest BCUT2D eigenvalue weighted by Crippen LogP contribution is 2.18. The van der Waals surface area contributed by atoms with Crippen LogP contribution in [-0.4, -0.2) is 10.8 Å².